The molecule has 0 aromatic carbocycles. The third-order valence-corrected chi connectivity index (χ3v) is 2.41. The topological polar surface area (TPSA) is 148 Å². The van der Waals surface area contributed by atoms with E-state index in [0.717, 1.165) is 0 Å². The van der Waals surface area contributed by atoms with Crippen LogP contribution in [0, 0.1) is 5.41 Å². The zero-order chi connectivity index (χ0) is 15.4. The van der Waals surface area contributed by atoms with Gasteiger partial charge in [0.2, 0.25) is 6.29 Å². The Morgan fingerprint density at radius 2 is 1.47 bits per heavy atom. The Balaban J connectivity index is 4.56. The summed E-state index contributed by atoms with van der Waals surface area (Å²) in [7, 11) is 0. The number of ether oxygens (including phenoxy) is 1. The average molecular weight is 282 g/mol. The van der Waals surface area contributed by atoms with Gasteiger partial charge in [0.1, 0.15) is 24.4 Å². The minimum atomic E-state index is -2.07. The summed E-state index contributed by atoms with van der Waals surface area (Å²) in [4.78, 5) is 11.4. The van der Waals surface area contributed by atoms with Crippen molar-refractivity contribution < 1.29 is 40.2 Å². The zero-order valence-electron chi connectivity index (χ0n) is 11.1. The first-order valence-electron chi connectivity index (χ1n) is 5.74. The molecule has 0 bridgehead atoms. The second-order valence-corrected chi connectivity index (χ2v) is 5.27. The predicted octanol–water partition coefficient (Wildman–Crippen LogP) is -2.67. The van der Waals surface area contributed by atoms with E-state index in [-0.39, 0.29) is 0 Å². The fourth-order valence-corrected chi connectivity index (χ4v) is 1.06. The van der Waals surface area contributed by atoms with E-state index >= 15 is 0 Å². The van der Waals surface area contributed by atoms with Crippen molar-refractivity contribution in [3.63, 3.8) is 0 Å². The molecule has 0 saturated carbocycles. The fourth-order valence-electron chi connectivity index (χ4n) is 1.06. The molecule has 114 valence electrons. The second kappa shape index (κ2) is 7.13. The highest BCUT2D eigenvalue weighted by Gasteiger charge is 2.37. The SMILES string of the molecule is CC(C)(C)C(=O)OC(O)[C@H](O)[C@@H](O)[C@H](O)[C@H](O)CO. The molecule has 0 aromatic heterocycles. The summed E-state index contributed by atoms with van der Waals surface area (Å²) in [6.45, 7) is 3.72. The molecule has 8 heteroatoms. The summed E-state index contributed by atoms with van der Waals surface area (Å²) in [6.07, 6.45) is -9.69. The minimum absolute atomic E-state index is 0.816. The normalized spacial score (nSPS) is 20.3. The van der Waals surface area contributed by atoms with Crippen molar-refractivity contribution >= 4 is 5.97 Å². The largest absolute Gasteiger partial charge is 0.433 e. The van der Waals surface area contributed by atoms with Crippen LogP contribution >= 0.6 is 0 Å². The van der Waals surface area contributed by atoms with Crippen LogP contribution in [-0.2, 0) is 9.53 Å². The van der Waals surface area contributed by atoms with Crippen LogP contribution in [0.2, 0.25) is 0 Å². The first-order chi connectivity index (χ1) is 8.52. The van der Waals surface area contributed by atoms with Gasteiger partial charge in [0.15, 0.2) is 0 Å². The molecule has 8 nitrogen and oxygen atoms in total. The summed E-state index contributed by atoms with van der Waals surface area (Å²) < 4.78 is 4.51. The Morgan fingerprint density at radius 3 is 1.84 bits per heavy atom. The molecular formula is C11H22O8. The molecule has 0 radical (unpaired) electrons. The van der Waals surface area contributed by atoms with Crippen molar-refractivity contribution in [3.8, 4) is 0 Å². The lowest BCUT2D eigenvalue weighted by Gasteiger charge is -2.29. The van der Waals surface area contributed by atoms with Crippen LogP contribution in [0.5, 0.6) is 0 Å². The van der Waals surface area contributed by atoms with Crippen LogP contribution in [0.3, 0.4) is 0 Å². The molecule has 0 fully saturated rings. The van der Waals surface area contributed by atoms with Crippen molar-refractivity contribution in [2.45, 2.75) is 51.5 Å². The third kappa shape index (κ3) is 5.39. The van der Waals surface area contributed by atoms with Crippen molar-refractivity contribution in [3.05, 3.63) is 0 Å². The maximum Gasteiger partial charge on any atom is 0.313 e. The van der Waals surface area contributed by atoms with Crippen LogP contribution < -0.4 is 0 Å². The van der Waals surface area contributed by atoms with Gasteiger partial charge in [-0.1, -0.05) is 0 Å². The van der Waals surface area contributed by atoms with Crippen LogP contribution in [0.25, 0.3) is 0 Å². The smallest absolute Gasteiger partial charge is 0.313 e. The number of esters is 1. The lowest BCUT2D eigenvalue weighted by molar-refractivity contribution is -0.219. The Kier molecular flexibility index (Phi) is 6.84. The van der Waals surface area contributed by atoms with Crippen molar-refractivity contribution in [1.82, 2.24) is 0 Å². The first-order valence-corrected chi connectivity index (χ1v) is 5.74. The molecular weight excluding hydrogens is 260 g/mol. The molecule has 19 heavy (non-hydrogen) atoms. The standard InChI is InChI=1S/C11H22O8/c1-11(2,3)10(18)19-9(17)8(16)7(15)6(14)5(13)4-12/h5-9,12-17H,4H2,1-3H3/t5-,6-,7+,8-,9?/m1/s1. The summed E-state index contributed by atoms with van der Waals surface area (Å²) in [5.74, 6) is -0.816. The molecule has 5 atom stereocenters. The highest BCUT2D eigenvalue weighted by molar-refractivity contribution is 5.75. The molecule has 0 aliphatic carbocycles. The Morgan fingerprint density at radius 1 is 1.00 bits per heavy atom. The van der Waals surface area contributed by atoms with E-state index in [0.29, 0.717) is 0 Å². The number of carbonyl (C=O) groups excluding carboxylic acids is 1. The van der Waals surface area contributed by atoms with Crippen molar-refractivity contribution in [1.29, 1.82) is 0 Å². The van der Waals surface area contributed by atoms with E-state index in [2.05, 4.69) is 4.74 Å². The number of aliphatic hydroxyl groups excluding tert-OH is 6. The van der Waals surface area contributed by atoms with Gasteiger partial charge in [0, 0.05) is 0 Å². The summed E-state index contributed by atoms with van der Waals surface area (Å²) in [6, 6.07) is 0. The number of rotatable bonds is 6. The lowest BCUT2D eigenvalue weighted by Crippen LogP contribution is -2.51. The molecule has 0 amide bonds. The molecule has 0 aliphatic heterocycles. The first kappa shape index (κ1) is 18.2. The summed E-state index contributed by atoms with van der Waals surface area (Å²) in [5.41, 5.74) is -0.922. The van der Waals surface area contributed by atoms with Gasteiger partial charge in [-0.05, 0) is 20.8 Å². The van der Waals surface area contributed by atoms with Crippen molar-refractivity contribution in [2.75, 3.05) is 6.61 Å². The average Bonchev–Trinajstić information content (AvgIpc) is 2.33. The third-order valence-electron chi connectivity index (χ3n) is 2.41. The zero-order valence-corrected chi connectivity index (χ0v) is 11.1. The second-order valence-electron chi connectivity index (χ2n) is 5.27. The number of hydrogen-bond donors (Lipinski definition) is 6. The van der Waals surface area contributed by atoms with Gasteiger partial charge in [-0.2, -0.15) is 0 Å². The van der Waals surface area contributed by atoms with E-state index in [1.54, 1.807) is 0 Å². The van der Waals surface area contributed by atoms with Gasteiger partial charge in [-0.3, -0.25) is 4.79 Å². The van der Waals surface area contributed by atoms with E-state index in [4.69, 9.17) is 10.2 Å². The van der Waals surface area contributed by atoms with Gasteiger partial charge < -0.3 is 35.4 Å². The monoisotopic (exact) mass is 282 g/mol. The van der Waals surface area contributed by atoms with E-state index in [1.807, 2.05) is 0 Å². The van der Waals surface area contributed by atoms with Gasteiger partial charge in [-0.25, -0.2) is 0 Å². The molecule has 0 aromatic rings. The van der Waals surface area contributed by atoms with E-state index in [9.17, 15) is 25.2 Å². The van der Waals surface area contributed by atoms with Gasteiger partial charge in [-0.15, -0.1) is 0 Å². The van der Waals surface area contributed by atoms with Crippen molar-refractivity contribution in [2.24, 2.45) is 5.41 Å². The fraction of sp³-hybridized carbons (Fsp3) is 0.909. The van der Waals surface area contributed by atoms with Crippen LogP contribution in [0.1, 0.15) is 20.8 Å². The Bertz CT molecular complexity index is 287. The predicted molar refractivity (Wildman–Crippen MR) is 62.7 cm³/mol. The van der Waals surface area contributed by atoms with Crippen LogP contribution in [0.15, 0.2) is 0 Å². The van der Waals surface area contributed by atoms with Gasteiger partial charge in [0.05, 0.1) is 12.0 Å². The van der Waals surface area contributed by atoms with Gasteiger partial charge >= 0.3 is 5.97 Å². The van der Waals surface area contributed by atoms with Crippen LogP contribution in [-0.4, -0.2) is 73.9 Å². The Hall–Kier alpha value is -0.770. The Labute approximate surface area is 110 Å². The van der Waals surface area contributed by atoms with Gasteiger partial charge in [0.25, 0.3) is 0 Å². The molecule has 0 spiro atoms. The molecule has 0 saturated heterocycles. The molecule has 0 aliphatic rings. The van der Waals surface area contributed by atoms with Crippen LogP contribution in [0.4, 0.5) is 0 Å². The maximum atomic E-state index is 11.4. The van der Waals surface area contributed by atoms with E-state index in [1.165, 1.54) is 20.8 Å². The minimum Gasteiger partial charge on any atom is -0.433 e. The quantitative estimate of drug-likeness (QED) is 0.228. The summed E-state index contributed by atoms with van der Waals surface area (Å²) in [5, 5.41) is 55.3. The van der Waals surface area contributed by atoms with E-state index < -0.39 is 48.7 Å². The molecule has 1 unspecified atom stereocenters. The highest BCUT2D eigenvalue weighted by atomic mass is 16.6. The maximum absolute atomic E-state index is 11.4. The molecule has 0 rings (SSSR count). The number of carbonyl (C=O) groups is 1. The molecule has 0 heterocycles. The molecule has 6 N–H and O–H groups in total. The number of hydrogen-bond acceptors (Lipinski definition) is 8. The number of aliphatic hydroxyl groups is 6. The highest BCUT2D eigenvalue weighted by Crippen LogP contribution is 2.18. The lowest BCUT2D eigenvalue weighted by atomic mass is 9.97. The summed E-state index contributed by atoms with van der Waals surface area (Å²) >= 11 is 0.